The third-order valence-corrected chi connectivity index (χ3v) is 3.71. The first-order valence-corrected chi connectivity index (χ1v) is 6.93. The van der Waals surface area contributed by atoms with Crippen molar-refractivity contribution in [1.29, 1.82) is 0 Å². The number of benzene rings is 2. The topological polar surface area (TPSA) is 44.9 Å². The molecule has 1 atom stereocenters. The maximum absolute atomic E-state index is 12.3. The Labute approximate surface area is 128 Å². The van der Waals surface area contributed by atoms with E-state index in [9.17, 15) is 9.90 Å². The maximum Gasteiger partial charge on any atom is 0.277 e. The molecule has 0 radical (unpaired) electrons. The zero-order valence-corrected chi connectivity index (χ0v) is 11.8. The van der Waals surface area contributed by atoms with Crippen molar-refractivity contribution in [3.63, 3.8) is 0 Å². The van der Waals surface area contributed by atoms with Gasteiger partial charge in [-0.2, -0.15) is 0 Å². The molecule has 108 valence electrons. The lowest BCUT2D eigenvalue weighted by Crippen LogP contribution is -2.29. The van der Waals surface area contributed by atoms with Gasteiger partial charge in [0.1, 0.15) is 0 Å². The Morgan fingerprint density at radius 3 is 2.23 bits per heavy atom. The van der Waals surface area contributed by atoms with Crippen molar-refractivity contribution < 1.29 is 9.90 Å². The predicted octanol–water partition coefficient (Wildman–Crippen LogP) is 3.46. The van der Waals surface area contributed by atoms with Gasteiger partial charge >= 0.3 is 0 Å². The minimum absolute atomic E-state index is 0.0899. The molecule has 0 aliphatic carbocycles. The van der Waals surface area contributed by atoms with Gasteiger partial charge in [-0.1, -0.05) is 60.7 Å². The van der Waals surface area contributed by atoms with E-state index in [4.69, 9.17) is 6.57 Å². The third-order valence-electron chi connectivity index (χ3n) is 3.71. The summed E-state index contributed by atoms with van der Waals surface area (Å²) in [6, 6.07) is 18.3. The van der Waals surface area contributed by atoms with Gasteiger partial charge in [0.05, 0.1) is 12.6 Å². The van der Waals surface area contributed by atoms with E-state index in [0.717, 1.165) is 11.1 Å². The lowest BCUT2D eigenvalue weighted by Gasteiger charge is -2.26. The van der Waals surface area contributed by atoms with E-state index in [-0.39, 0.29) is 5.70 Å². The fourth-order valence-electron chi connectivity index (χ4n) is 2.67. The van der Waals surface area contributed by atoms with Gasteiger partial charge in [-0.15, -0.1) is 0 Å². The monoisotopic (exact) mass is 290 g/mol. The first-order chi connectivity index (χ1) is 10.7. The largest absolute Gasteiger partial charge is 0.514 e. The molecule has 0 fully saturated rings. The molecule has 0 spiro atoms. The molecule has 1 aliphatic heterocycles. The van der Waals surface area contributed by atoms with Crippen molar-refractivity contribution >= 4 is 5.91 Å². The molecule has 1 N–H and O–H groups in total. The van der Waals surface area contributed by atoms with Crippen LogP contribution in [0.5, 0.6) is 0 Å². The zero-order chi connectivity index (χ0) is 15.5. The average molecular weight is 290 g/mol. The van der Waals surface area contributed by atoms with Crippen LogP contribution in [0.3, 0.4) is 0 Å². The van der Waals surface area contributed by atoms with Crippen LogP contribution >= 0.6 is 0 Å². The Bertz CT molecular complexity index is 761. The molecular weight excluding hydrogens is 276 g/mol. The number of carbonyl (C=O) groups is 1. The minimum atomic E-state index is -0.536. The van der Waals surface area contributed by atoms with E-state index < -0.39 is 17.7 Å². The molecule has 4 nitrogen and oxygen atoms in total. The molecule has 1 heterocycles. The Morgan fingerprint density at radius 1 is 1.05 bits per heavy atom. The van der Waals surface area contributed by atoms with E-state index in [1.165, 1.54) is 4.90 Å². The molecule has 0 saturated carbocycles. The van der Waals surface area contributed by atoms with Gasteiger partial charge < -0.3 is 10.0 Å². The molecular formula is C18H14N2O2. The van der Waals surface area contributed by atoms with Gasteiger partial charge in [0, 0.05) is 6.54 Å². The Morgan fingerprint density at radius 2 is 1.64 bits per heavy atom. The number of amides is 1. The number of aliphatic hydroxyl groups is 1. The summed E-state index contributed by atoms with van der Waals surface area (Å²) < 4.78 is 0. The molecule has 1 amide bonds. The summed E-state index contributed by atoms with van der Waals surface area (Å²) in [5.41, 5.74) is 1.87. The zero-order valence-electron chi connectivity index (χ0n) is 11.8. The van der Waals surface area contributed by atoms with Crippen molar-refractivity contribution in [2.45, 2.75) is 12.6 Å². The lowest BCUT2D eigenvalue weighted by atomic mass is 10.0. The quantitative estimate of drug-likeness (QED) is 0.880. The van der Waals surface area contributed by atoms with Gasteiger partial charge in [0.15, 0.2) is 5.76 Å². The molecule has 0 saturated heterocycles. The standard InChI is InChI=1S/C18H14N2O2/c1-19-15-16(14-10-6-3-7-11-14)20(18(22)17(15)21)12-13-8-4-2-5-9-13/h2-11,16,21H,12H2. The van der Waals surface area contributed by atoms with Crippen molar-refractivity contribution in [2.75, 3.05) is 0 Å². The minimum Gasteiger partial charge on any atom is -0.514 e. The highest BCUT2D eigenvalue weighted by Gasteiger charge is 2.40. The van der Waals surface area contributed by atoms with Crippen LogP contribution in [0, 0.1) is 6.57 Å². The first kappa shape index (κ1) is 13.9. The van der Waals surface area contributed by atoms with Crippen LogP contribution in [0.2, 0.25) is 0 Å². The molecule has 4 heteroatoms. The lowest BCUT2D eigenvalue weighted by molar-refractivity contribution is -0.130. The molecule has 1 unspecified atom stereocenters. The van der Waals surface area contributed by atoms with Gasteiger partial charge in [-0.25, -0.2) is 4.85 Å². The average Bonchev–Trinajstić information content (AvgIpc) is 2.81. The highest BCUT2D eigenvalue weighted by atomic mass is 16.3. The van der Waals surface area contributed by atoms with Crippen molar-refractivity contribution in [2.24, 2.45) is 0 Å². The SMILES string of the molecule is [C-]#[N+]C1=C(O)C(=O)N(Cc2ccccc2)C1c1ccccc1. The van der Waals surface area contributed by atoms with Gasteiger partial charge in [-0.3, -0.25) is 4.79 Å². The second-order valence-electron chi connectivity index (χ2n) is 5.08. The number of hydrogen-bond acceptors (Lipinski definition) is 2. The number of hydrogen-bond donors (Lipinski definition) is 1. The fourth-order valence-corrected chi connectivity index (χ4v) is 2.67. The predicted molar refractivity (Wildman–Crippen MR) is 82.4 cm³/mol. The number of nitrogens with zero attached hydrogens (tertiary/aromatic N) is 2. The maximum atomic E-state index is 12.3. The van der Waals surface area contributed by atoms with Crippen LogP contribution in [0.1, 0.15) is 17.2 Å². The van der Waals surface area contributed by atoms with Crippen LogP contribution in [0.4, 0.5) is 0 Å². The Kier molecular flexibility index (Phi) is 3.63. The Balaban J connectivity index is 2.01. The summed E-state index contributed by atoms with van der Waals surface area (Å²) in [7, 11) is 0. The van der Waals surface area contributed by atoms with Crippen LogP contribution in [0.15, 0.2) is 72.1 Å². The molecule has 0 bridgehead atoms. The van der Waals surface area contributed by atoms with E-state index >= 15 is 0 Å². The van der Waals surface area contributed by atoms with Crippen LogP contribution in [0.25, 0.3) is 4.85 Å². The highest BCUT2D eigenvalue weighted by molar-refractivity contribution is 5.96. The van der Waals surface area contributed by atoms with Crippen LogP contribution < -0.4 is 0 Å². The normalized spacial score (nSPS) is 17.7. The van der Waals surface area contributed by atoms with E-state index in [0.29, 0.717) is 6.54 Å². The number of carbonyl (C=O) groups excluding carboxylic acids is 1. The van der Waals surface area contributed by atoms with Crippen LogP contribution in [-0.4, -0.2) is 15.9 Å². The second-order valence-corrected chi connectivity index (χ2v) is 5.08. The van der Waals surface area contributed by atoms with E-state index in [1.807, 2.05) is 60.7 Å². The van der Waals surface area contributed by atoms with Gasteiger partial charge in [0.2, 0.25) is 5.70 Å². The van der Waals surface area contributed by atoms with Crippen molar-refractivity contribution in [3.05, 3.63) is 94.7 Å². The number of rotatable bonds is 3. The fraction of sp³-hybridized carbons (Fsp3) is 0.111. The third kappa shape index (κ3) is 2.33. The first-order valence-electron chi connectivity index (χ1n) is 6.93. The summed E-state index contributed by atoms with van der Waals surface area (Å²) in [5.74, 6) is -0.941. The molecule has 0 aromatic heterocycles. The van der Waals surface area contributed by atoms with Crippen LogP contribution in [-0.2, 0) is 11.3 Å². The smallest absolute Gasteiger partial charge is 0.277 e. The number of aliphatic hydroxyl groups excluding tert-OH is 1. The second kappa shape index (κ2) is 5.74. The summed E-state index contributed by atoms with van der Waals surface area (Å²) in [6.45, 7) is 7.65. The molecule has 1 aliphatic rings. The molecule has 22 heavy (non-hydrogen) atoms. The summed E-state index contributed by atoms with van der Waals surface area (Å²) in [6.07, 6.45) is 0. The van der Waals surface area contributed by atoms with Gasteiger partial charge in [-0.05, 0) is 11.1 Å². The van der Waals surface area contributed by atoms with Crippen molar-refractivity contribution in [3.8, 4) is 0 Å². The van der Waals surface area contributed by atoms with E-state index in [1.54, 1.807) is 0 Å². The molecule has 2 aromatic rings. The van der Waals surface area contributed by atoms with Crippen molar-refractivity contribution in [1.82, 2.24) is 4.90 Å². The summed E-state index contributed by atoms with van der Waals surface area (Å²) in [5, 5.41) is 10.0. The summed E-state index contributed by atoms with van der Waals surface area (Å²) in [4.78, 5) is 17.3. The van der Waals surface area contributed by atoms with Gasteiger partial charge in [0.25, 0.3) is 5.91 Å². The molecule has 3 rings (SSSR count). The highest BCUT2D eigenvalue weighted by Crippen LogP contribution is 2.38. The summed E-state index contributed by atoms with van der Waals surface area (Å²) >= 11 is 0. The molecule has 2 aromatic carbocycles. The van der Waals surface area contributed by atoms with E-state index in [2.05, 4.69) is 4.85 Å². The Hall–Kier alpha value is -3.06.